The molecule has 0 saturated heterocycles. The number of sulfonamides is 1. The average Bonchev–Trinajstić information content (AvgIpc) is 2.83. The van der Waals surface area contributed by atoms with Gasteiger partial charge in [0.2, 0.25) is 10.0 Å². The number of aliphatic hydroxyl groups is 1. The molecule has 1 aromatic heterocycles. The highest BCUT2D eigenvalue weighted by molar-refractivity contribution is 7.89. The Labute approximate surface area is 129 Å². The Morgan fingerprint density at radius 2 is 2.18 bits per heavy atom. The highest BCUT2D eigenvalue weighted by atomic mass is 32.2. The third kappa shape index (κ3) is 2.62. The molecular formula is C14H20N4O3S. The first-order valence-electron chi connectivity index (χ1n) is 7.41. The predicted octanol–water partition coefficient (Wildman–Crippen LogP) is 0.796. The lowest BCUT2D eigenvalue weighted by atomic mass is 9.77. The quantitative estimate of drug-likeness (QED) is 0.848. The van der Waals surface area contributed by atoms with Crippen molar-refractivity contribution in [1.82, 2.24) is 19.7 Å². The van der Waals surface area contributed by atoms with E-state index < -0.39 is 10.0 Å². The number of nitrogens with one attached hydrogen (secondary N) is 1. The van der Waals surface area contributed by atoms with Crippen LogP contribution in [0.1, 0.15) is 26.2 Å². The summed E-state index contributed by atoms with van der Waals surface area (Å²) in [5.74, 6) is 0.191. The molecule has 1 aromatic carbocycles. The van der Waals surface area contributed by atoms with Crippen molar-refractivity contribution in [3.8, 4) is 0 Å². The molecule has 2 aromatic rings. The van der Waals surface area contributed by atoms with Gasteiger partial charge in [-0.05, 0) is 37.3 Å². The first-order valence-corrected chi connectivity index (χ1v) is 8.89. The molecule has 7 nitrogen and oxygen atoms in total. The van der Waals surface area contributed by atoms with Crippen LogP contribution in [-0.2, 0) is 17.1 Å². The van der Waals surface area contributed by atoms with Crippen molar-refractivity contribution in [3.63, 3.8) is 0 Å². The molecule has 0 radical (unpaired) electrons. The number of benzene rings is 1. The number of aromatic nitrogens is 3. The zero-order valence-corrected chi connectivity index (χ0v) is 13.4. The summed E-state index contributed by atoms with van der Waals surface area (Å²) in [7, 11) is -1.95. The normalized spacial score (nSPS) is 23.4. The summed E-state index contributed by atoms with van der Waals surface area (Å²) in [5.41, 5.74) is 1.05. The molecule has 1 heterocycles. The van der Waals surface area contributed by atoms with Crippen LogP contribution in [0.3, 0.4) is 0 Å². The fraction of sp³-hybridized carbons (Fsp3) is 0.571. The Kier molecular flexibility index (Phi) is 3.92. The topological polar surface area (TPSA) is 97.1 Å². The van der Waals surface area contributed by atoms with Gasteiger partial charge in [-0.2, -0.15) is 0 Å². The maximum Gasteiger partial charge on any atom is 0.243 e. The molecule has 0 unspecified atom stereocenters. The first-order chi connectivity index (χ1) is 10.4. The predicted molar refractivity (Wildman–Crippen MR) is 81.6 cm³/mol. The Bertz CT molecular complexity index is 780. The second-order valence-corrected chi connectivity index (χ2v) is 7.54. The molecule has 22 heavy (non-hydrogen) atoms. The van der Waals surface area contributed by atoms with Gasteiger partial charge in [-0.15, -0.1) is 5.10 Å². The van der Waals surface area contributed by atoms with Crippen molar-refractivity contribution in [2.75, 3.05) is 0 Å². The standard InChI is InChI=1S/C14H20N4O3S/c1-3-11(9-7-10(19)8-9)16-22(20,21)13-6-4-5-12-14(13)15-17-18(12)2/h4-6,9-11,16,19H,3,7-8H2,1-2H3/t9?,10?,11-/m1/s1. The van der Waals surface area contributed by atoms with E-state index in [2.05, 4.69) is 15.0 Å². The average molecular weight is 324 g/mol. The molecule has 2 N–H and O–H groups in total. The van der Waals surface area contributed by atoms with E-state index in [1.807, 2.05) is 6.92 Å². The van der Waals surface area contributed by atoms with Gasteiger partial charge in [0.05, 0.1) is 11.6 Å². The molecule has 0 aliphatic heterocycles. The number of hydrogen-bond acceptors (Lipinski definition) is 5. The summed E-state index contributed by atoms with van der Waals surface area (Å²) in [6.07, 6.45) is 1.69. The van der Waals surface area contributed by atoms with E-state index in [0.717, 1.165) is 0 Å². The van der Waals surface area contributed by atoms with Crippen LogP contribution in [-0.4, -0.2) is 40.7 Å². The van der Waals surface area contributed by atoms with E-state index in [1.54, 1.807) is 29.9 Å². The highest BCUT2D eigenvalue weighted by Gasteiger charge is 2.35. The summed E-state index contributed by atoms with van der Waals surface area (Å²) in [6, 6.07) is 4.85. The van der Waals surface area contributed by atoms with Gasteiger partial charge >= 0.3 is 0 Å². The highest BCUT2D eigenvalue weighted by Crippen LogP contribution is 2.32. The summed E-state index contributed by atoms with van der Waals surface area (Å²) in [6.45, 7) is 1.95. The van der Waals surface area contributed by atoms with Crippen molar-refractivity contribution < 1.29 is 13.5 Å². The van der Waals surface area contributed by atoms with Gasteiger partial charge in [-0.1, -0.05) is 18.2 Å². The van der Waals surface area contributed by atoms with Crippen molar-refractivity contribution >= 4 is 21.1 Å². The molecule has 1 atom stereocenters. The van der Waals surface area contributed by atoms with Crippen LogP contribution >= 0.6 is 0 Å². The number of aliphatic hydroxyl groups excluding tert-OH is 1. The number of rotatable bonds is 5. The van der Waals surface area contributed by atoms with Gasteiger partial charge in [0.15, 0.2) is 0 Å². The van der Waals surface area contributed by atoms with Crippen LogP contribution in [0.2, 0.25) is 0 Å². The molecule has 0 bridgehead atoms. The summed E-state index contributed by atoms with van der Waals surface area (Å²) in [4.78, 5) is 0.149. The van der Waals surface area contributed by atoms with Crippen molar-refractivity contribution in [2.24, 2.45) is 13.0 Å². The third-order valence-electron chi connectivity index (χ3n) is 4.36. The van der Waals surface area contributed by atoms with E-state index in [9.17, 15) is 13.5 Å². The number of fused-ring (bicyclic) bond motifs is 1. The molecule has 1 aliphatic carbocycles. The molecule has 3 rings (SSSR count). The SMILES string of the molecule is CC[C@@H](NS(=O)(=O)c1cccc2c1nnn2C)C1CC(O)C1. The van der Waals surface area contributed by atoms with Crippen LogP contribution in [0.25, 0.3) is 11.0 Å². The van der Waals surface area contributed by atoms with Gasteiger partial charge in [0, 0.05) is 13.1 Å². The van der Waals surface area contributed by atoms with Crippen LogP contribution in [0.5, 0.6) is 0 Å². The Morgan fingerprint density at radius 1 is 1.45 bits per heavy atom. The molecule has 1 aliphatic rings. The van der Waals surface area contributed by atoms with Crippen molar-refractivity contribution in [3.05, 3.63) is 18.2 Å². The van der Waals surface area contributed by atoms with Crippen LogP contribution in [0.15, 0.2) is 23.1 Å². The van der Waals surface area contributed by atoms with E-state index in [0.29, 0.717) is 30.3 Å². The van der Waals surface area contributed by atoms with E-state index in [4.69, 9.17) is 0 Å². The fourth-order valence-corrected chi connectivity index (χ4v) is 4.53. The summed E-state index contributed by atoms with van der Waals surface area (Å²) >= 11 is 0. The second-order valence-electron chi connectivity index (χ2n) is 5.86. The maximum absolute atomic E-state index is 12.7. The van der Waals surface area contributed by atoms with Crippen LogP contribution in [0.4, 0.5) is 0 Å². The number of nitrogens with zero attached hydrogens (tertiary/aromatic N) is 3. The number of aryl methyl sites for hydroxylation is 1. The second kappa shape index (κ2) is 5.60. The molecule has 120 valence electrons. The van der Waals surface area contributed by atoms with E-state index in [1.165, 1.54) is 0 Å². The Morgan fingerprint density at radius 3 is 2.82 bits per heavy atom. The number of hydrogen-bond donors (Lipinski definition) is 2. The van der Waals surface area contributed by atoms with Gasteiger partial charge in [-0.3, -0.25) is 0 Å². The zero-order valence-electron chi connectivity index (χ0n) is 12.6. The van der Waals surface area contributed by atoms with Crippen molar-refractivity contribution in [2.45, 2.75) is 43.2 Å². The zero-order chi connectivity index (χ0) is 15.9. The third-order valence-corrected chi connectivity index (χ3v) is 5.88. The minimum absolute atomic E-state index is 0.149. The molecule has 1 saturated carbocycles. The first kappa shape index (κ1) is 15.4. The summed E-state index contributed by atoms with van der Waals surface area (Å²) < 4.78 is 29.7. The lowest BCUT2D eigenvalue weighted by molar-refractivity contribution is 0.0277. The smallest absolute Gasteiger partial charge is 0.243 e. The molecule has 1 fully saturated rings. The van der Waals surface area contributed by atoms with Gasteiger partial charge in [0.1, 0.15) is 10.4 Å². The van der Waals surface area contributed by atoms with Gasteiger partial charge in [-0.25, -0.2) is 17.8 Å². The lowest BCUT2D eigenvalue weighted by Gasteiger charge is -2.37. The minimum Gasteiger partial charge on any atom is -0.393 e. The van der Waals surface area contributed by atoms with Crippen LogP contribution < -0.4 is 4.72 Å². The Hall–Kier alpha value is -1.51. The fourth-order valence-electron chi connectivity index (χ4n) is 2.98. The molecule has 0 amide bonds. The van der Waals surface area contributed by atoms with E-state index >= 15 is 0 Å². The van der Waals surface area contributed by atoms with Crippen molar-refractivity contribution in [1.29, 1.82) is 0 Å². The minimum atomic E-state index is -3.67. The Balaban J connectivity index is 1.91. The lowest BCUT2D eigenvalue weighted by Crippen LogP contribution is -2.46. The molecule has 8 heteroatoms. The maximum atomic E-state index is 12.7. The van der Waals surface area contributed by atoms with Crippen LogP contribution in [0, 0.1) is 5.92 Å². The summed E-state index contributed by atoms with van der Waals surface area (Å²) in [5, 5.41) is 17.3. The van der Waals surface area contributed by atoms with E-state index in [-0.39, 0.29) is 23.0 Å². The monoisotopic (exact) mass is 324 g/mol. The molecule has 0 spiro atoms. The van der Waals surface area contributed by atoms with Gasteiger partial charge < -0.3 is 5.11 Å². The largest absolute Gasteiger partial charge is 0.393 e. The molecular weight excluding hydrogens is 304 g/mol. The van der Waals surface area contributed by atoms with Gasteiger partial charge in [0.25, 0.3) is 0 Å².